The minimum absolute atomic E-state index is 0.110. The van der Waals surface area contributed by atoms with Gasteiger partial charge in [0.2, 0.25) is 5.91 Å². The fourth-order valence-corrected chi connectivity index (χ4v) is 2.92. The van der Waals surface area contributed by atoms with E-state index < -0.39 is 5.82 Å². The quantitative estimate of drug-likeness (QED) is 0.722. The highest BCUT2D eigenvalue weighted by Gasteiger charge is 2.12. The van der Waals surface area contributed by atoms with E-state index >= 15 is 0 Å². The number of amides is 1. The lowest BCUT2D eigenvalue weighted by Gasteiger charge is -2.09. The van der Waals surface area contributed by atoms with Gasteiger partial charge in [0, 0.05) is 0 Å². The van der Waals surface area contributed by atoms with Gasteiger partial charge in [-0.3, -0.25) is 9.36 Å². The molecule has 0 unspecified atom stereocenters. The summed E-state index contributed by atoms with van der Waals surface area (Å²) in [5.74, 6) is -0.651. The molecule has 0 spiro atoms. The van der Waals surface area contributed by atoms with Gasteiger partial charge in [-0.15, -0.1) is 10.2 Å². The largest absolute Gasteiger partial charge is 0.323 e. The predicted octanol–water partition coefficient (Wildman–Crippen LogP) is 3.45. The van der Waals surface area contributed by atoms with E-state index in [1.54, 1.807) is 18.5 Å². The second kappa shape index (κ2) is 7.27. The molecule has 5 nitrogen and oxygen atoms in total. The average molecular weight is 342 g/mol. The van der Waals surface area contributed by atoms with Gasteiger partial charge in [-0.2, -0.15) is 0 Å². The Kier molecular flexibility index (Phi) is 4.90. The van der Waals surface area contributed by atoms with Gasteiger partial charge in [-0.05, 0) is 30.7 Å². The van der Waals surface area contributed by atoms with Crippen molar-refractivity contribution in [3.05, 3.63) is 66.2 Å². The van der Waals surface area contributed by atoms with Crippen LogP contribution >= 0.6 is 11.8 Å². The number of hydrogen-bond acceptors (Lipinski definition) is 4. The third-order valence-electron chi connectivity index (χ3n) is 3.37. The third-order valence-corrected chi connectivity index (χ3v) is 4.31. The van der Waals surface area contributed by atoms with Crippen LogP contribution in [0.2, 0.25) is 0 Å². The Balaban J connectivity index is 1.68. The number of benzene rings is 2. The van der Waals surface area contributed by atoms with Crippen LogP contribution in [0.4, 0.5) is 10.1 Å². The molecule has 0 saturated carbocycles. The van der Waals surface area contributed by atoms with Crippen molar-refractivity contribution in [1.29, 1.82) is 0 Å². The highest BCUT2D eigenvalue weighted by Crippen LogP contribution is 2.22. The van der Waals surface area contributed by atoms with Gasteiger partial charge in [0.1, 0.15) is 12.1 Å². The molecule has 0 fully saturated rings. The summed E-state index contributed by atoms with van der Waals surface area (Å²) < 4.78 is 15.4. The fourth-order valence-electron chi connectivity index (χ4n) is 2.20. The number of carbonyl (C=O) groups excluding carboxylic acids is 1. The predicted molar refractivity (Wildman–Crippen MR) is 91.8 cm³/mol. The first-order chi connectivity index (χ1) is 11.6. The number of anilines is 1. The second-order valence-electron chi connectivity index (χ2n) is 5.09. The number of nitrogens with one attached hydrogen (secondary N) is 1. The number of aryl methyl sites for hydroxylation is 1. The first kappa shape index (κ1) is 16.2. The van der Waals surface area contributed by atoms with E-state index in [1.807, 2.05) is 35.8 Å². The molecule has 3 aromatic rings. The summed E-state index contributed by atoms with van der Waals surface area (Å²) in [4.78, 5) is 12.0. The summed E-state index contributed by atoms with van der Waals surface area (Å²) in [5.41, 5.74) is 2.21. The van der Waals surface area contributed by atoms with Gasteiger partial charge in [-0.1, -0.05) is 42.1 Å². The van der Waals surface area contributed by atoms with Crippen LogP contribution < -0.4 is 5.32 Å². The minimum Gasteiger partial charge on any atom is -0.323 e. The van der Waals surface area contributed by atoms with Crippen molar-refractivity contribution < 1.29 is 9.18 Å². The van der Waals surface area contributed by atoms with E-state index in [0.717, 1.165) is 11.3 Å². The average Bonchev–Trinajstić information content (AvgIpc) is 3.04. The molecular weight excluding hydrogens is 327 g/mol. The molecule has 7 heteroatoms. The summed E-state index contributed by atoms with van der Waals surface area (Å²) in [6.07, 6.45) is 1.61. The van der Waals surface area contributed by atoms with Crippen molar-refractivity contribution >= 4 is 23.4 Å². The minimum atomic E-state index is -0.459. The van der Waals surface area contributed by atoms with E-state index in [2.05, 4.69) is 15.5 Å². The van der Waals surface area contributed by atoms with Crippen molar-refractivity contribution in [2.75, 3.05) is 11.1 Å². The number of nitrogens with zero attached hydrogens (tertiary/aromatic N) is 3. The maximum absolute atomic E-state index is 13.5. The molecule has 0 radical (unpaired) electrons. The molecule has 1 amide bonds. The SMILES string of the molecule is Cc1ccccc1-n1cnnc1SCC(=O)Nc1ccccc1F. The molecule has 0 aliphatic heterocycles. The Morgan fingerprint density at radius 2 is 1.96 bits per heavy atom. The lowest BCUT2D eigenvalue weighted by Crippen LogP contribution is -2.15. The Hall–Kier alpha value is -2.67. The standard InChI is InChI=1S/C17H15FN4OS/c1-12-6-2-5-9-15(12)22-11-19-21-17(22)24-10-16(23)20-14-8-4-3-7-13(14)18/h2-9,11H,10H2,1H3,(H,20,23). The van der Waals surface area contributed by atoms with Crippen LogP contribution in [0.15, 0.2) is 60.0 Å². The summed E-state index contributed by atoms with van der Waals surface area (Å²) >= 11 is 1.25. The van der Waals surface area contributed by atoms with Gasteiger partial charge >= 0.3 is 0 Å². The summed E-state index contributed by atoms with van der Waals surface area (Å²) in [6, 6.07) is 13.9. The molecule has 2 aromatic carbocycles. The van der Waals surface area contributed by atoms with Gasteiger partial charge in [0.25, 0.3) is 0 Å². The lowest BCUT2D eigenvalue weighted by molar-refractivity contribution is -0.113. The molecule has 3 rings (SSSR count). The smallest absolute Gasteiger partial charge is 0.234 e. The topological polar surface area (TPSA) is 59.8 Å². The Morgan fingerprint density at radius 1 is 1.21 bits per heavy atom. The van der Waals surface area contributed by atoms with Crippen molar-refractivity contribution in [1.82, 2.24) is 14.8 Å². The number of halogens is 1. The maximum Gasteiger partial charge on any atom is 0.234 e. The van der Waals surface area contributed by atoms with Crippen LogP contribution in [-0.2, 0) is 4.79 Å². The monoisotopic (exact) mass is 342 g/mol. The first-order valence-corrected chi connectivity index (χ1v) is 8.27. The van der Waals surface area contributed by atoms with Crippen LogP contribution in [-0.4, -0.2) is 26.4 Å². The third kappa shape index (κ3) is 3.62. The zero-order valence-electron chi connectivity index (χ0n) is 12.9. The van der Waals surface area contributed by atoms with Gasteiger partial charge < -0.3 is 5.32 Å². The summed E-state index contributed by atoms with van der Waals surface area (Å²) in [5, 5.41) is 11.1. The van der Waals surface area contributed by atoms with Crippen molar-refractivity contribution in [3.8, 4) is 5.69 Å². The van der Waals surface area contributed by atoms with Crippen LogP contribution in [0.1, 0.15) is 5.56 Å². The molecule has 1 N–H and O–H groups in total. The highest BCUT2D eigenvalue weighted by atomic mass is 32.2. The zero-order valence-corrected chi connectivity index (χ0v) is 13.8. The summed E-state index contributed by atoms with van der Waals surface area (Å²) in [7, 11) is 0. The zero-order chi connectivity index (χ0) is 16.9. The van der Waals surface area contributed by atoms with Gasteiger partial charge in [-0.25, -0.2) is 4.39 Å². The number of thioether (sulfide) groups is 1. The fraction of sp³-hybridized carbons (Fsp3) is 0.118. The second-order valence-corrected chi connectivity index (χ2v) is 6.03. The maximum atomic E-state index is 13.5. The van der Waals surface area contributed by atoms with E-state index in [-0.39, 0.29) is 17.3 Å². The Morgan fingerprint density at radius 3 is 2.75 bits per heavy atom. The molecule has 0 aliphatic carbocycles. The molecule has 0 bridgehead atoms. The van der Waals surface area contributed by atoms with Crippen LogP contribution in [0, 0.1) is 12.7 Å². The van der Waals surface area contributed by atoms with Crippen LogP contribution in [0.25, 0.3) is 5.69 Å². The molecule has 0 aliphatic rings. The van der Waals surface area contributed by atoms with E-state index in [1.165, 1.54) is 23.9 Å². The number of carbonyl (C=O) groups is 1. The van der Waals surface area contributed by atoms with Gasteiger partial charge in [0.15, 0.2) is 5.16 Å². The van der Waals surface area contributed by atoms with E-state index in [4.69, 9.17) is 0 Å². The molecule has 1 heterocycles. The number of rotatable bonds is 5. The molecule has 1 aromatic heterocycles. The Bertz CT molecular complexity index is 865. The molecular formula is C17H15FN4OS. The summed E-state index contributed by atoms with van der Waals surface area (Å²) in [6.45, 7) is 1.99. The van der Waals surface area contributed by atoms with Crippen LogP contribution in [0.5, 0.6) is 0 Å². The molecule has 122 valence electrons. The van der Waals surface area contributed by atoms with Crippen molar-refractivity contribution in [3.63, 3.8) is 0 Å². The number of aromatic nitrogens is 3. The number of para-hydroxylation sites is 2. The molecule has 0 saturated heterocycles. The normalized spacial score (nSPS) is 10.6. The molecule has 24 heavy (non-hydrogen) atoms. The Labute approximate surface area is 142 Å². The lowest BCUT2D eigenvalue weighted by atomic mass is 10.2. The highest BCUT2D eigenvalue weighted by molar-refractivity contribution is 7.99. The number of hydrogen-bond donors (Lipinski definition) is 1. The van der Waals surface area contributed by atoms with Crippen molar-refractivity contribution in [2.24, 2.45) is 0 Å². The van der Waals surface area contributed by atoms with Crippen LogP contribution in [0.3, 0.4) is 0 Å². The van der Waals surface area contributed by atoms with Gasteiger partial charge in [0.05, 0.1) is 17.1 Å². The van der Waals surface area contributed by atoms with E-state index in [0.29, 0.717) is 5.16 Å². The van der Waals surface area contributed by atoms with Crippen molar-refractivity contribution in [2.45, 2.75) is 12.1 Å². The molecule has 0 atom stereocenters. The van der Waals surface area contributed by atoms with E-state index in [9.17, 15) is 9.18 Å². The first-order valence-electron chi connectivity index (χ1n) is 7.28.